The van der Waals surface area contributed by atoms with Gasteiger partial charge in [0, 0.05) is 0 Å². The van der Waals surface area contributed by atoms with Crippen molar-refractivity contribution in [3.05, 3.63) is 174 Å². The van der Waals surface area contributed by atoms with Crippen LogP contribution in [0, 0.1) is 0 Å². The van der Waals surface area contributed by atoms with Crippen LogP contribution >= 0.6 is 0 Å². The Bertz CT molecular complexity index is 1460. The molecule has 39 heavy (non-hydrogen) atoms. The Kier molecular flexibility index (Phi) is 8.25. The minimum Gasteiger partial charge on any atom is -0.0765 e. The molecule has 0 aliphatic rings. The van der Waals surface area contributed by atoms with E-state index in [0.29, 0.717) is 0 Å². The smallest absolute Gasteiger partial charge is 0.0765 e. The predicted molar refractivity (Wildman–Crippen MR) is 174 cm³/mol. The van der Waals surface area contributed by atoms with Crippen molar-refractivity contribution in [2.75, 3.05) is 0 Å². The van der Waals surface area contributed by atoms with Gasteiger partial charge in [0.05, 0.1) is 0 Å². The van der Waals surface area contributed by atoms with E-state index in [1.165, 1.54) is 43.1 Å². The van der Waals surface area contributed by atoms with E-state index in [2.05, 4.69) is 178 Å². The van der Waals surface area contributed by atoms with E-state index in [9.17, 15) is 0 Å². The van der Waals surface area contributed by atoms with Crippen molar-refractivity contribution in [2.24, 2.45) is 0 Å². The molecule has 0 amide bonds. The molecule has 0 N–H and O–H groups in total. The molecule has 0 aliphatic heterocycles. The number of rotatable bonds is 8. The summed E-state index contributed by atoms with van der Waals surface area (Å²) in [6.07, 6.45) is 2.48. The summed E-state index contributed by atoms with van der Waals surface area (Å²) in [4.78, 5) is 0. The maximum atomic E-state index is 2.53. The maximum Gasteiger partial charge on any atom is 0.241 e. The Morgan fingerprint density at radius 2 is 0.872 bits per heavy atom. The Balaban J connectivity index is 1.97. The standard InChI is InChI=1S/C37H35BSi/c1-30(2)29-36(39(3,34-25-15-7-16-26-34)35-27-17-8-18-28-35)37(31-19-9-4-10-20-31)38(32-21-11-5-12-22-32)33-23-13-6-14-24-33/h4-29H,1-3H3/b37-36-. The molecule has 5 aromatic rings. The molecule has 0 fully saturated rings. The molecule has 0 saturated heterocycles. The quantitative estimate of drug-likeness (QED) is 0.159. The van der Waals surface area contributed by atoms with Gasteiger partial charge in [0.1, 0.15) is 8.07 Å². The van der Waals surface area contributed by atoms with E-state index < -0.39 is 8.07 Å². The van der Waals surface area contributed by atoms with Gasteiger partial charge in [0.2, 0.25) is 6.71 Å². The first kappa shape index (κ1) is 26.5. The van der Waals surface area contributed by atoms with Crippen molar-refractivity contribution >= 4 is 41.6 Å². The highest BCUT2D eigenvalue weighted by Gasteiger charge is 2.39. The average Bonchev–Trinajstić information content (AvgIpc) is 3.00. The van der Waals surface area contributed by atoms with Gasteiger partial charge in [-0.25, -0.2) is 0 Å². The van der Waals surface area contributed by atoms with Crippen LogP contribution in [-0.4, -0.2) is 14.8 Å². The normalized spacial score (nSPS) is 11.9. The third-order valence-electron chi connectivity index (χ3n) is 7.60. The number of allylic oxidation sites excluding steroid dienone is 3. The van der Waals surface area contributed by atoms with Crippen molar-refractivity contribution in [1.29, 1.82) is 0 Å². The fraction of sp³-hybridized carbons (Fsp3) is 0.0811. The van der Waals surface area contributed by atoms with E-state index in [0.717, 1.165) is 0 Å². The van der Waals surface area contributed by atoms with Gasteiger partial charge in [-0.1, -0.05) is 191 Å². The van der Waals surface area contributed by atoms with Crippen LogP contribution in [0.1, 0.15) is 19.4 Å². The summed E-state index contributed by atoms with van der Waals surface area (Å²) in [6, 6.07) is 55.4. The maximum absolute atomic E-state index is 2.53. The fourth-order valence-corrected chi connectivity index (χ4v) is 9.79. The number of hydrogen-bond donors (Lipinski definition) is 0. The highest BCUT2D eigenvalue weighted by molar-refractivity contribution is 7.11. The van der Waals surface area contributed by atoms with Gasteiger partial charge in [0.25, 0.3) is 0 Å². The highest BCUT2D eigenvalue weighted by atomic mass is 28.3. The van der Waals surface area contributed by atoms with E-state index in [1.54, 1.807) is 0 Å². The van der Waals surface area contributed by atoms with Crippen LogP contribution in [0.3, 0.4) is 0 Å². The van der Waals surface area contributed by atoms with Gasteiger partial charge in [-0.2, -0.15) is 0 Å². The van der Waals surface area contributed by atoms with Crippen LogP contribution in [0.4, 0.5) is 0 Å². The largest absolute Gasteiger partial charge is 0.241 e. The Morgan fingerprint density at radius 1 is 0.513 bits per heavy atom. The molecule has 2 heteroatoms. The second-order valence-electron chi connectivity index (χ2n) is 10.5. The lowest BCUT2D eigenvalue weighted by Crippen LogP contribution is -2.59. The summed E-state index contributed by atoms with van der Waals surface area (Å²) in [6.45, 7) is 7.07. The lowest BCUT2D eigenvalue weighted by atomic mass is 9.35. The van der Waals surface area contributed by atoms with Gasteiger partial charge in [-0.15, -0.1) is 0 Å². The van der Waals surface area contributed by atoms with Gasteiger partial charge in [0.15, 0.2) is 0 Å². The molecule has 0 nitrogen and oxygen atoms in total. The van der Waals surface area contributed by atoms with Crippen LogP contribution in [0.25, 0.3) is 5.47 Å². The monoisotopic (exact) mass is 518 g/mol. The molecule has 0 bridgehead atoms. The van der Waals surface area contributed by atoms with Gasteiger partial charge in [-0.05, 0) is 29.8 Å². The first-order chi connectivity index (χ1) is 19.1. The molecule has 5 aromatic carbocycles. The Hall–Kier alpha value is -4.14. The summed E-state index contributed by atoms with van der Waals surface area (Å²) in [5, 5.41) is 4.28. The van der Waals surface area contributed by atoms with E-state index >= 15 is 0 Å². The zero-order chi connectivity index (χ0) is 27.1. The van der Waals surface area contributed by atoms with Crippen molar-refractivity contribution < 1.29 is 0 Å². The molecule has 5 rings (SSSR count). The van der Waals surface area contributed by atoms with Gasteiger partial charge < -0.3 is 0 Å². The first-order valence-electron chi connectivity index (χ1n) is 13.7. The van der Waals surface area contributed by atoms with Crippen LogP contribution in [0.2, 0.25) is 6.55 Å². The van der Waals surface area contributed by atoms with E-state index in [-0.39, 0.29) is 6.71 Å². The lowest BCUT2D eigenvalue weighted by Gasteiger charge is -2.35. The van der Waals surface area contributed by atoms with Crippen LogP contribution in [0.5, 0.6) is 0 Å². The molecule has 0 aliphatic carbocycles. The topological polar surface area (TPSA) is 0 Å². The second-order valence-corrected chi connectivity index (χ2v) is 14.5. The SMILES string of the molecule is CC(C)=C/C(=C(/B(c1ccccc1)c1ccccc1)c1ccccc1)[Si](C)(c1ccccc1)c1ccccc1. The molecule has 0 aromatic heterocycles. The minimum atomic E-state index is -2.47. The fourth-order valence-electron chi connectivity index (χ4n) is 5.71. The van der Waals surface area contributed by atoms with Crippen molar-refractivity contribution in [2.45, 2.75) is 20.4 Å². The van der Waals surface area contributed by atoms with Gasteiger partial charge in [-0.3, -0.25) is 0 Å². The molecule has 190 valence electrons. The zero-order valence-corrected chi connectivity index (χ0v) is 24.1. The van der Waals surface area contributed by atoms with Crippen molar-refractivity contribution in [1.82, 2.24) is 0 Å². The third-order valence-corrected chi connectivity index (χ3v) is 12.1. The summed E-state index contributed by atoms with van der Waals surface area (Å²) < 4.78 is 0. The van der Waals surface area contributed by atoms with Crippen LogP contribution < -0.4 is 21.3 Å². The van der Waals surface area contributed by atoms with E-state index in [4.69, 9.17) is 0 Å². The second kappa shape index (κ2) is 12.1. The Morgan fingerprint density at radius 3 is 1.26 bits per heavy atom. The number of benzene rings is 5. The van der Waals surface area contributed by atoms with Crippen LogP contribution in [-0.2, 0) is 0 Å². The summed E-state index contributed by atoms with van der Waals surface area (Å²) in [5.41, 5.74) is 6.58. The molecule has 0 spiro atoms. The minimum absolute atomic E-state index is 0.0830. The molecule has 0 radical (unpaired) electrons. The molecular weight excluding hydrogens is 483 g/mol. The zero-order valence-electron chi connectivity index (χ0n) is 23.1. The Labute approximate surface area is 235 Å². The van der Waals surface area contributed by atoms with Crippen LogP contribution in [0.15, 0.2) is 169 Å². The summed E-state index contributed by atoms with van der Waals surface area (Å²) in [5.74, 6) is 0. The number of hydrogen-bond acceptors (Lipinski definition) is 0. The molecule has 0 atom stereocenters. The summed E-state index contributed by atoms with van der Waals surface area (Å²) in [7, 11) is -2.47. The van der Waals surface area contributed by atoms with Crippen molar-refractivity contribution in [3.8, 4) is 0 Å². The highest BCUT2D eigenvalue weighted by Crippen LogP contribution is 2.31. The average molecular weight is 519 g/mol. The molecular formula is C37H35BSi. The van der Waals surface area contributed by atoms with Gasteiger partial charge >= 0.3 is 0 Å². The predicted octanol–water partition coefficient (Wildman–Crippen LogP) is 6.69. The van der Waals surface area contributed by atoms with Crippen molar-refractivity contribution in [3.63, 3.8) is 0 Å². The molecule has 0 saturated carbocycles. The third kappa shape index (κ3) is 5.67. The summed E-state index contributed by atoms with van der Waals surface area (Å²) >= 11 is 0. The lowest BCUT2D eigenvalue weighted by molar-refractivity contribution is 1.38. The first-order valence-corrected chi connectivity index (χ1v) is 16.2. The molecule has 0 heterocycles. The van der Waals surface area contributed by atoms with E-state index in [1.807, 2.05) is 0 Å². The molecule has 0 unspecified atom stereocenters.